The quantitative estimate of drug-likeness (QED) is 0.621. The third-order valence-corrected chi connectivity index (χ3v) is 4.93. The van der Waals surface area contributed by atoms with Crippen molar-refractivity contribution in [1.82, 2.24) is 9.55 Å². The van der Waals surface area contributed by atoms with Crippen LogP contribution in [0.25, 0.3) is 11.4 Å². The normalized spacial score (nSPS) is 13.1. The number of esters is 1. The minimum absolute atomic E-state index is 0.288. The van der Waals surface area contributed by atoms with Gasteiger partial charge in [-0.25, -0.2) is 14.8 Å². The lowest BCUT2D eigenvalue weighted by Gasteiger charge is -2.14. The van der Waals surface area contributed by atoms with Gasteiger partial charge in [0.1, 0.15) is 17.2 Å². The van der Waals surface area contributed by atoms with Crippen molar-refractivity contribution >= 4 is 33.4 Å². The Balaban J connectivity index is 1.99. The van der Waals surface area contributed by atoms with E-state index in [0.717, 1.165) is 29.0 Å². The summed E-state index contributed by atoms with van der Waals surface area (Å²) < 4.78 is 8.27. The molecule has 0 unspecified atom stereocenters. The highest BCUT2D eigenvalue weighted by molar-refractivity contribution is 9.10. The van der Waals surface area contributed by atoms with E-state index in [1.807, 2.05) is 59.2 Å². The molecule has 7 heteroatoms. The van der Waals surface area contributed by atoms with Gasteiger partial charge in [-0.2, -0.15) is 0 Å². The van der Waals surface area contributed by atoms with E-state index in [2.05, 4.69) is 26.2 Å². The van der Waals surface area contributed by atoms with Crippen LogP contribution in [0, 0.1) is 0 Å². The van der Waals surface area contributed by atoms with Gasteiger partial charge in [-0.15, -0.1) is 0 Å². The highest BCUT2D eigenvalue weighted by Gasteiger charge is 2.26. The molecule has 0 radical (unpaired) electrons. The lowest BCUT2D eigenvalue weighted by molar-refractivity contribution is 0.0524. The molecule has 0 saturated heterocycles. The van der Waals surface area contributed by atoms with Gasteiger partial charge in [0, 0.05) is 23.1 Å². The number of ether oxygens (including phenoxy) is 1. The Morgan fingerprint density at radius 3 is 2.68 bits per heavy atom. The number of halogens is 1. The Hall–Kier alpha value is -2.93. The molecule has 2 aromatic carbocycles. The van der Waals surface area contributed by atoms with E-state index in [0.29, 0.717) is 22.6 Å². The molecule has 0 atom stereocenters. The first-order valence-electron chi connectivity index (χ1n) is 9.09. The van der Waals surface area contributed by atoms with Crippen LogP contribution in [-0.4, -0.2) is 28.7 Å². The van der Waals surface area contributed by atoms with E-state index < -0.39 is 5.97 Å². The van der Waals surface area contributed by atoms with Crippen molar-refractivity contribution in [3.8, 4) is 11.4 Å². The Kier molecular flexibility index (Phi) is 5.25. The minimum Gasteiger partial charge on any atom is -0.462 e. The van der Waals surface area contributed by atoms with Crippen LogP contribution in [0.4, 0.5) is 11.5 Å². The smallest absolute Gasteiger partial charge is 0.345 e. The van der Waals surface area contributed by atoms with E-state index >= 15 is 0 Å². The Labute approximate surface area is 171 Å². The molecule has 0 amide bonds. The Morgan fingerprint density at radius 2 is 1.96 bits per heavy atom. The van der Waals surface area contributed by atoms with Crippen LogP contribution in [0.5, 0.6) is 0 Å². The van der Waals surface area contributed by atoms with Gasteiger partial charge < -0.3 is 14.6 Å². The lowest BCUT2D eigenvalue weighted by atomic mass is 10.2. The number of hydrogen-bond acceptors (Lipinski definition) is 5. The monoisotopic (exact) mass is 438 g/mol. The summed E-state index contributed by atoms with van der Waals surface area (Å²) in [6.07, 6.45) is 0. The predicted octanol–water partition coefficient (Wildman–Crippen LogP) is 4.15. The molecule has 4 rings (SSSR count). The van der Waals surface area contributed by atoms with Crippen molar-refractivity contribution in [3.05, 3.63) is 70.1 Å². The van der Waals surface area contributed by atoms with Gasteiger partial charge in [-0.3, -0.25) is 0 Å². The second-order valence-electron chi connectivity index (χ2n) is 6.24. The Bertz CT molecular complexity index is 1080. The topological polar surface area (TPSA) is 68.5 Å². The zero-order valence-electron chi connectivity index (χ0n) is 15.4. The molecule has 0 aliphatic carbocycles. The van der Waals surface area contributed by atoms with Gasteiger partial charge in [0.2, 0.25) is 0 Å². The van der Waals surface area contributed by atoms with E-state index in [1.165, 1.54) is 0 Å². The van der Waals surface area contributed by atoms with Gasteiger partial charge in [-0.1, -0.05) is 46.3 Å². The number of nitrogens with one attached hydrogen (secondary N) is 1. The summed E-state index contributed by atoms with van der Waals surface area (Å²) >= 11 is 3.43. The second kappa shape index (κ2) is 7.98. The molecule has 0 bridgehead atoms. The van der Waals surface area contributed by atoms with E-state index in [9.17, 15) is 4.79 Å². The van der Waals surface area contributed by atoms with Crippen LogP contribution in [0.3, 0.4) is 0 Å². The molecule has 1 aliphatic heterocycles. The summed E-state index contributed by atoms with van der Waals surface area (Å²) in [5.41, 5.74) is 2.39. The first-order valence-corrected chi connectivity index (χ1v) is 9.88. The zero-order valence-corrected chi connectivity index (χ0v) is 16.9. The largest absolute Gasteiger partial charge is 0.462 e. The molecular formula is C21H19BrN4O2. The molecule has 0 spiro atoms. The fraction of sp³-hybridized carbons (Fsp3) is 0.190. The number of nitrogens with zero attached hydrogens (tertiary/aromatic N) is 3. The van der Waals surface area contributed by atoms with Crippen LogP contribution >= 0.6 is 15.9 Å². The molecule has 2 heterocycles. The third kappa shape index (κ3) is 3.57. The number of fused-ring (bicyclic) bond motifs is 1. The molecule has 3 aromatic rings. The predicted molar refractivity (Wildman–Crippen MR) is 111 cm³/mol. The summed E-state index contributed by atoms with van der Waals surface area (Å²) in [5.74, 6) is 1.04. The maximum atomic E-state index is 12.7. The fourth-order valence-corrected chi connectivity index (χ4v) is 3.43. The molecule has 0 saturated carbocycles. The number of anilines is 1. The van der Waals surface area contributed by atoms with Crippen LogP contribution < -0.4 is 10.8 Å². The van der Waals surface area contributed by atoms with Crippen molar-refractivity contribution in [2.45, 2.75) is 13.5 Å². The Morgan fingerprint density at radius 1 is 1.21 bits per heavy atom. The van der Waals surface area contributed by atoms with E-state index in [-0.39, 0.29) is 6.61 Å². The number of hydrogen-bond donors (Lipinski definition) is 1. The van der Waals surface area contributed by atoms with Gasteiger partial charge in [0.25, 0.3) is 0 Å². The molecule has 1 aliphatic rings. The second-order valence-corrected chi connectivity index (χ2v) is 7.15. The van der Waals surface area contributed by atoms with E-state index in [4.69, 9.17) is 9.72 Å². The highest BCUT2D eigenvalue weighted by atomic mass is 79.9. The fourth-order valence-electron chi connectivity index (χ4n) is 3.17. The highest BCUT2D eigenvalue weighted by Crippen LogP contribution is 2.26. The molecule has 1 N–H and O–H groups in total. The van der Waals surface area contributed by atoms with Crippen LogP contribution in [-0.2, 0) is 11.3 Å². The van der Waals surface area contributed by atoms with Gasteiger partial charge in [0.05, 0.1) is 12.3 Å². The average molecular weight is 439 g/mol. The molecule has 142 valence electrons. The van der Waals surface area contributed by atoms with Crippen molar-refractivity contribution < 1.29 is 9.53 Å². The van der Waals surface area contributed by atoms with Gasteiger partial charge >= 0.3 is 5.97 Å². The molecular weight excluding hydrogens is 420 g/mol. The van der Waals surface area contributed by atoms with Gasteiger partial charge in [-0.05, 0) is 31.2 Å². The summed E-state index contributed by atoms with van der Waals surface area (Å²) in [7, 11) is 0. The maximum Gasteiger partial charge on any atom is 0.345 e. The summed E-state index contributed by atoms with van der Waals surface area (Å²) in [5, 5.41) is 3.31. The standard InChI is InChI=1S/C21H19BrN4O2/c1-2-28-21(27)17-18(24-16-10-8-15(22)9-11-16)25-19(14-6-4-3-5-7-14)26-13-12-23-20(17)26/h3-11,23H,2,12-13H2,1H3. The van der Waals surface area contributed by atoms with Crippen LogP contribution in [0.1, 0.15) is 17.3 Å². The number of aromatic nitrogens is 2. The maximum absolute atomic E-state index is 12.7. The van der Waals surface area contributed by atoms with Crippen LogP contribution in [0.2, 0.25) is 0 Å². The first kappa shape index (κ1) is 18.4. The summed E-state index contributed by atoms with van der Waals surface area (Å²) in [6.45, 7) is 3.51. The minimum atomic E-state index is -0.427. The molecule has 0 fully saturated rings. The van der Waals surface area contributed by atoms with Crippen LogP contribution in [0.15, 0.2) is 64.1 Å². The number of carbonyl (C=O) groups is 1. The van der Waals surface area contributed by atoms with Gasteiger partial charge in [0.15, 0.2) is 5.49 Å². The van der Waals surface area contributed by atoms with E-state index in [1.54, 1.807) is 6.92 Å². The van der Waals surface area contributed by atoms with Crippen molar-refractivity contribution in [1.29, 1.82) is 0 Å². The van der Waals surface area contributed by atoms with Crippen molar-refractivity contribution in [3.63, 3.8) is 0 Å². The third-order valence-electron chi connectivity index (χ3n) is 4.40. The number of rotatable bonds is 4. The molecule has 28 heavy (non-hydrogen) atoms. The number of benzene rings is 2. The zero-order chi connectivity index (χ0) is 19.5. The van der Waals surface area contributed by atoms with Crippen molar-refractivity contribution in [2.24, 2.45) is 4.99 Å². The average Bonchev–Trinajstić information content (AvgIpc) is 3.19. The van der Waals surface area contributed by atoms with Crippen molar-refractivity contribution in [2.75, 3.05) is 18.5 Å². The summed E-state index contributed by atoms with van der Waals surface area (Å²) in [4.78, 5) is 22.2. The lowest BCUT2D eigenvalue weighted by Crippen LogP contribution is -2.26. The molecule has 6 nitrogen and oxygen atoms in total. The first-order chi connectivity index (χ1) is 13.7. The molecule has 1 aromatic heterocycles. The summed E-state index contributed by atoms with van der Waals surface area (Å²) in [6, 6.07) is 17.5. The SMILES string of the molecule is CCOC(=O)c1c2n(c(-c3ccccc3)nc1=Nc1ccc(Br)cc1)CCN2. The number of carbonyl (C=O) groups excluding carboxylic acids is 1.